The van der Waals surface area contributed by atoms with Crippen LogP contribution in [0.2, 0.25) is 0 Å². The second kappa shape index (κ2) is 6.72. The average Bonchev–Trinajstić information content (AvgIpc) is 2.71. The Morgan fingerprint density at radius 3 is 2.58 bits per heavy atom. The summed E-state index contributed by atoms with van der Waals surface area (Å²) in [5.74, 6) is 0.843. The van der Waals surface area contributed by atoms with Gasteiger partial charge in [-0.1, -0.05) is 15.9 Å². The average molecular weight is 470 g/mol. The van der Waals surface area contributed by atoms with Gasteiger partial charge < -0.3 is 10.5 Å². The van der Waals surface area contributed by atoms with Crippen molar-refractivity contribution >= 4 is 59.1 Å². The van der Waals surface area contributed by atoms with Crippen molar-refractivity contribution in [1.29, 1.82) is 0 Å². The van der Waals surface area contributed by atoms with Gasteiger partial charge in [-0.2, -0.15) is 0 Å². The minimum Gasteiger partial charge on any atom is -0.497 e. The molecule has 1 heterocycles. The molecule has 2 nitrogen and oxygen atoms in total. The van der Waals surface area contributed by atoms with Crippen molar-refractivity contribution in [2.75, 3.05) is 7.11 Å². The van der Waals surface area contributed by atoms with Crippen LogP contribution in [0.15, 0.2) is 36.3 Å². The first kappa shape index (κ1) is 15.5. The zero-order valence-electron chi connectivity index (χ0n) is 10.1. The zero-order valence-corrected chi connectivity index (χ0v) is 15.7. The highest BCUT2D eigenvalue weighted by Gasteiger charge is 2.15. The smallest absolute Gasteiger partial charge is 0.119 e. The van der Waals surface area contributed by atoms with Crippen LogP contribution >= 0.6 is 59.1 Å². The number of hydrogen-bond acceptors (Lipinski definition) is 3. The molecule has 1 aromatic carbocycles. The number of halogens is 3. The number of nitrogens with two attached hydrogens (primary N) is 1. The van der Waals surface area contributed by atoms with E-state index in [-0.39, 0.29) is 6.04 Å². The fourth-order valence-electron chi connectivity index (χ4n) is 1.79. The van der Waals surface area contributed by atoms with Crippen LogP contribution in [-0.4, -0.2) is 7.11 Å². The van der Waals surface area contributed by atoms with Crippen LogP contribution in [0.1, 0.15) is 17.2 Å². The summed E-state index contributed by atoms with van der Waals surface area (Å²) in [7, 11) is 1.67. The normalized spacial score (nSPS) is 12.5. The van der Waals surface area contributed by atoms with E-state index in [1.54, 1.807) is 18.4 Å². The molecule has 1 aromatic heterocycles. The molecule has 19 heavy (non-hydrogen) atoms. The maximum absolute atomic E-state index is 6.30. The molecule has 0 spiro atoms. The Balaban J connectivity index is 2.23. The van der Waals surface area contributed by atoms with Crippen LogP contribution in [0.3, 0.4) is 0 Å². The summed E-state index contributed by atoms with van der Waals surface area (Å²) in [5.41, 5.74) is 8.55. The molecule has 0 saturated carbocycles. The van der Waals surface area contributed by atoms with E-state index in [4.69, 9.17) is 10.5 Å². The summed E-state index contributed by atoms with van der Waals surface area (Å²) in [6.45, 7) is 0. The van der Waals surface area contributed by atoms with Crippen LogP contribution in [-0.2, 0) is 6.42 Å². The number of hydrogen-bond donors (Lipinski definition) is 1. The Morgan fingerprint density at radius 2 is 2.00 bits per heavy atom. The van der Waals surface area contributed by atoms with Crippen molar-refractivity contribution < 1.29 is 4.74 Å². The molecule has 2 N–H and O–H groups in total. The third-order valence-corrected chi connectivity index (χ3v) is 5.93. The monoisotopic (exact) mass is 467 g/mol. The lowest BCUT2D eigenvalue weighted by Crippen LogP contribution is -2.13. The van der Waals surface area contributed by atoms with E-state index in [1.807, 2.05) is 18.2 Å². The van der Waals surface area contributed by atoms with Crippen LogP contribution in [0.25, 0.3) is 0 Å². The molecule has 6 heteroatoms. The van der Waals surface area contributed by atoms with Gasteiger partial charge in [0, 0.05) is 10.5 Å². The minimum atomic E-state index is -0.0552. The van der Waals surface area contributed by atoms with Gasteiger partial charge in [-0.05, 0) is 73.7 Å². The molecule has 1 atom stereocenters. The fourth-order valence-corrected chi connectivity index (χ4v) is 5.20. The molecule has 0 saturated heterocycles. The third-order valence-electron chi connectivity index (χ3n) is 2.78. The Bertz CT molecular complexity index is 585. The molecule has 2 aromatic rings. The largest absolute Gasteiger partial charge is 0.497 e. The van der Waals surface area contributed by atoms with Crippen molar-refractivity contribution in [3.05, 3.63) is 47.4 Å². The molecular formula is C13H12Br3NOS. The minimum absolute atomic E-state index is 0.0552. The van der Waals surface area contributed by atoms with E-state index in [0.717, 1.165) is 35.3 Å². The summed E-state index contributed by atoms with van der Waals surface area (Å²) < 4.78 is 8.45. The van der Waals surface area contributed by atoms with Gasteiger partial charge >= 0.3 is 0 Å². The van der Waals surface area contributed by atoms with Crippen LogP contribution in [0.4, 0.5) is 0 Å². The first-order chi connectivity index (χ1) is 9.01. The van der Waals surface area contributed by atoms with Gasteiger partial charge in [-0.25, -0.2) is 0 Å². The van der Waals surface area contributed by atoms with E-state index >= 15 is 0 Å². The number of benzene rings is 1. The van der Waals surface area contributed by atoms with E-state index < -0.39 is 0 Å². The number of methoxy groups -OCH3 is 1. The van der Waals surface area contributed by atoms with Gasteiger partial charge in [0.2, 0.25) is 0 Å². The van der Waals surface area contributed by atoms with Gasteiger partial charge in [-0.15, -0.1) is 11.3 Å². The van der Waals surface area contributed by atoms with Crippen molar-refractivity contribution in [3.8, 4) is 5.75 Å². The second-order valence-corrected chi connectivity index (χ2v) is 8.65. The quantitative estimate of drug-likeness (QED) is 0.660. The lowest BCUT2D eigenvalue weighted by molar-refractivity contribution is 0.414. The van der Waals surface area contributed by atoms with Crippen LogP contribution in [0.5, 0.6) is 5.75 Å². The van der Waals surface area contributed by atoms with Crippen molar-refractivity contribution in [2.24, 2.45) is 5.73 Å². The van der Waals surface area contributed by atoms with Crippen molar-refractivity contribution in [1.82, 2.24) is 0 Å². The lowest BCUT2D eigenvalue weighted by atomic mass is 10.0. The van der Waals surface area contributed by atoms with Gasteiger partial charge in [-0.3, -0.25) is 0 Å². The lowest BCUT2D eigenvalue weighted by Gasteiger charge is -2.13. The van der Waals surface area contributed by atoms with Crippen LogP contribution < -0.4 is 10.5 Å². The Hall–Kier alpha value is 0.120. The second-order valence-electron chi connectivity index (χ2n) is 4.05. The SMILES string of the molecule is COc1ccc(Br)c(CC(N)c2cc(Br)sc2Br)c1. The Kier molecular flexibility index (Phi) is 5.48. The molecule has 0 radical (unpaired) electrons. The van der Waals surface area contributed by atoms with E-state index in [2.05, 4.69) is 53.9 Å². The Morgan fingerprint density at radius 1 is 1.26 bits per heavy atom. The van der Waals surface area contributed by atoms with E-state index in [1.165, 1.54) is 0 Å². The standard InChI is InChI=1S/C13H12Br3NOS/c1-18-8-2-3-10(14)7(4-8)5-11(17)9-6-12(15)19-13(9)16/h2-4,6,11H,5,17H2,1H3. The molecule has 0 aliphatic carbocycles. The first-order valence-electron chi connectivity index (χ1n) is 5.54. The molecule has 102 valence electrons. The number of thiophene rings is 1. The first-order valence-corrected chi connectivity index (χ1v) is 8.73. The highest BCUT2D eigenvalue weighted by Crippen LogP contribution is 2.36. The molecule has 1 unspecified atom stereocenters. The molecule has 0 amide bonds. The molecule has 0 aliphatic heterocycles. The highest BCUT2D eigenvalue weighted by molar-refractivity contribution is 9.12. The molecule has 0 bridgehead atoms. The maximum atomic E-state index is 6.30. The van der Waals surface area contributed by atoms with Crippen molar-refractivity contribution in [2.45, 2.75) is 12.5 Å². The zero-order chi connectivity index (χ0) is 14.0. The van der Waals surface area contributed by atoms with E-state index in [0.29, 0.717) is 0 Å². The van der Waals surface area contributed by atoms with Gasteiger partial charge in [0.15, 0.2) is 0 Å². The summed E-state index contributed by atoms with van der Waals surface area (Å²) in [5, 5.41) is 0. The molecule has 0 aliphatic rings. The summed E-state index contributed by atoms with van der Waals surface area (Å²) in [6.07, 6.45) is 0.750. The molecule has 2 rings (SSSR count). The third kappa shape index (κ3) is 3.82. The maximum Gasteiger partial charge on any atom is 0.119 e. The number of rotatable bonds is 4. The summed E-state index contributed by atoms with van der Waals surface area (Å²) >= 11 is 12.2. The molecular weight excluding hydrogens is 458 g/mol. The fraction of sp³-hybridized carbons (Fsp3) is 0.231. The number of ether oxygens (including phenoxy) is 1. The van der Waals surface area contributed by atoms with Gasteiger partial charge in [0.1, 0.15) is 5.75 Å². The summed E-state index contributed by atoms with van der Waals surface area (Å²) in [6, 6.07) is 7.93. The van der Waals surface area contributed by atoms with E-state index in [9.17, 15) is 0 Å². The summed E-state index contributed by atoms with van der Waals surface area (Å²) in [4.78, 5) is 0. The highest BCUT2D eigenvalue weighted by atomic mass is 79.9. The predicted molar refractivity (Wildman–Crippen MR) is 91.0 cm³/mol. The molecule has 0 fully saturated rings. The van der Waals surface area contributed by atoms with Crippen molar-refractivity contribution in [3.63, 3.8) is 0 Å². The van der Waals surface area contributed by atoms with Gasteiger partial charge in [0.25, 0.3) is 0 Å². The van der Waals surface area contributed by atoms with Gasteiger partial charge in [0.05, 0.1) is 14.7 Å². The predicted octanol–water partition coefficient (Wildman–Crippen LogP) is 5.29. The Labute approximate surface area is 141 Å². The topological polar surface area (TPSA) is 35.2 Å². The van der Waals surface area contributed by atoms with Crippen LogP contribution in [0, 0.1) is 0 Å².